The number of hydrogen-bond donors (Lipinski definition) is 1. The summed E-state index contributed by atoms with van der Waals surface area (Å²) in [6.45, 7) is 3.65. The molecule has 2 heterocycles. The highest BCUT2D eigenvalue weighted by molar-refractivity contribution is 9.10. The summed E-state index contributed by atoms with van der Waals surface area (Å²) in [5.41, 5.74) is 1.06. The van der Waals surface area contributed by atoms with Crippen LogP contribution in [0.15, 0.2) is 16.6 Å². The van der Waals surface area contributed by atoms with Crippen LogP contribution in [0.4, 0.5) is 0 Å². The standard InChI is InChI=1S/C12H14BrNO3/c13-9-2-1-8(10-7-14-3-4-15-10)11-12(9)17-6-5-16-11/h1-2,10,14H,3-7H2. The fourth-order valence-electron chi connectivity index (χ4n) is 2.14. The van der Waals surface area contributed by atoms with E-state index in [1.807, 2.05) is 12.1 Å². The molecule has 0 aromatic heterocycles. The van der Waals surface area contributed by atoms with Gasteiger partial charge in [0, 0.05) is 18.7 Å². The minimum absolute atomic E-state index is 0.0484. The van der Waals surface area contributed by atoms with Crippen molar-refractivity contribution in [1.29, 1.82) is 0 Å². The van der Waals surface area contributed by atoms with E-state index in [2.05, 4.69) is 21.2 Å². The van der Waals surface area contributed by atoms with E-state index in [-0.39, 0.29) is 6.10 Å². The minimum atomic E-state index is 0.0484. The molecule has 0 amide bonds. The van der Waals surface area contributed by atoms with Crippen LogP contribution in [-0.4, -0.2) is 32.9 Å². The largest absolute Gasteiger partial charge is 0.486 e. The van der Waals surface area contributed by atoms with Crippen molar-refractivity contribution in [3.63, 3.8) is 0 Å². The lowest BCUT2D eigenvalue weighted by Crippen LogP contribution is -2.34. The minimum Gasteiger partial charge on any atom is -0.486 e. The van der Waals surface area contributed by atoms with Crippen LogP contribution in [0.5, 0.6) is 11.5 Å². The van der Waals surface area contributed by atoms with Crippen LogP contribution in [0.3, 0.4) is 0 Å². The van der Waals surface area contributed by atoms with E-state index in [9.17, 15) is 0 Å². The van der Waals surface area contributed by atoms with Crippen LogP contribution in [0.25, 0.3) is 0 Å². The average molecular weight is 300 g/mol. The van der Waals surface area contributed by atoms with Crippen molar-refractivity contribution in [1.82, 2.24) is 5.32 Å². The van der Waals surface area contributed by atoms with Gasteiger partial charge in [-0.15, -0.1) is 0 Å². The Kier molecular flexibility index (Phi) is 3.22. The molecule has 92 valence electrons. The number of benzene rings is 1. The van der Waals surface area contributed by atoms with Crippen molar-refractivity contribution in [3.05, 3.63) is 22.2 Å². The predicted molar refractivity (Wildman–Crippen MR) is 66.7 cm³/mol. The van der Waals surface area contributed by atoms with Crippen LogP contribution in [0.2, 0.25) is 0 Å². The van der Waals surface area contributed by atoms with Crippen LogP contribution < -0.4 is 14.8 Å². The molecule has 3 rings (SSSR count). The molecule has 1 fully saturated rings. The average Bonchev–Trinajstić information content (AvgIpc) is 2.41. The van der Waals surface area contributed by atoms with Gasteiger partial charge < -0.3 is 19.5 Å². The van der Waals surface area contributed by atoms with Gasteiger partial charge in [0.1, 0.15) is 13.2 Å². The van der Waals surface area contributed by atoms with Gasteiger partial charge >= 0.3 is 0 Å². The van der Waals surface area contributed by atoms with Crippen LogP contribution >= 0.6 is 15.9 Å². The molecule has 0 bridgehead atoms. The molecule has 1 N–H and O–H groups in total. The number of ether oxygens (including phenoxy) is 3. The van der Waals surface area contributed by atoms with Gasteiger partial charge in [0.15, 0.2) is 11.5 Å². The molecule has 1 unspecified atom stereocenters. The summed E-state index contributed by atoms with van der Waals surface area (Å²) in [6.07, 6.45) is 0.0484. The second-order valence-electron chi connectivity index (χ2n) is 4.06. The molecule has 1 aromatic rings. The zero-order valence-corrected chi connectivity index (χ0v) is 11.0. The van der Waals surface area contributed by atoms with Gasteiger partial charge in [0.25, 0.3) is 0 Å². The Morgan fingerprint density at radius 1 is 1.12 bits per heavy atom. The third-order valence-corrected chi connectivity index (χ3v) is 3.57. The van der Waals surface area contributed by atoms with Gasteiger partial charge in [-0.1, -0.05) is 6.07 Å². The first-order valence-corrected chi connectivity index (χ1v) is 6.56. The van der Waals surface area contributed by atoms with Gasteiger partial charge in [0.05, 0.1) is 17.2 Å². The van der Waals surface area contributed by atoms with Crippen LogP contribution in [-0.2, 0) is 4.74 Å². The Morgan fingerprint density at radius 2 is 1.94 bits per heavy atom. The summed E-state index contributed by atoms with van der Waals surface area (Å²) < 4.78 is 18.1. The lowest BCUT2D eigenvalue weighted by molar-refractivity contribution is 0.0244. The zero-order chi connectivity index (χ0) is 11.7. The van der Waals surface area contributed by atoms with Crippen molar-refractivity contribution in [2.45, 2.75) is 6.10 Å². The van der Waals surface area contributed by atoms with Crippen molar-refractivity contribution in [2.75, 3.05) is 32.9 Å². The van der Waals surface area contributed by atoms with E-state index in [1.54, 1.807) is 0 Å². The van der Waals surface area contributed by atoms with Gasteiger partial charge in [-0.2, -0.15) is 0 Å². The van der Waals surface area contributed by atoms with E-state index >= 15 is 0 Å². The zero-order valence-electron chi connectivity index (χ0n) is 9.37. The second-order valence-corrected chi connectivity index (χ2v) is 4.91. The first kappa shape index (κ1) is 11.3. The molecule has 17 heavy (non-hydrogen) atoms. The smallest absolute Gasteiger partial charge is 0.175 e. The van der Waals surface area contributed by atoms with E-state index in [0.717, 1.165) is 41.2 Å². The number of hydrogen-bond acceptors (Lipinski definition) is 4. The molecule has 2 aliphatic rings. The Labute approximate surface area is 108 Å². The van der Waals surface area contributed by atoms with Gasteiger partial charge in [0.2, 0.25) is 0 Å². The molecule has 2 aliphatic heterocycles. The summed E-state index contributed by atoms with van der Waals surface area (Å²) >= 11 is 3.48. The van der Waals surface area contributed by atoms with Gasteiger partial charge in [-0.25, -0.2) is 0 Å². The first-order valence-electron chi connectivity index (χ1n) is 5.76. The summed E-state index contributed by atoms with van der Waals surface area (Å²) in [7, 11) is 0. The molecule has 0 spiro atoms. The predicted octanol–water partition coefficient (Wildman–Crippen LogP) is 1.88. The topological polar surface area (TPSA) is 39.7 Å². The van der Waals surface area contributed by atoms with Crippen molar-refractivity contribution in [3.8, 4) is 11.5 Å². The normalized spacial score (nSPS) is 23.5. The highest BCUT2D eigenvalue weighted by atomic mass is 79.9. The maximum absolute atomic E-state index is 5.76. The first-order chi connectivity index (χ1) is 8.36. The summed E-state index contributed by atoms with van der Waals surface area (Å²) in [4.78, 5) is 0. The maximum atomic E-state index is 5.76. The molecule has 1 atom stereocenters. The molecule has 1 saturated heterocycles. The summed E-state index contributed by atoms with van der Waals surface area (Å²) in [5, 5.41) is 3.32. The SMILES string of the molecule is Brc1ccc(C2CNCCO2)c2c1OCCO2. The monoisotopic (exact) mass is 299 g/mol. The van der Waals surface area contributed by atoms with Gasteiger partial charge in [-0.05, 0) is 22.0 Å². The Hall–Kier alpha value is -0.780. The van der Waals surface area contributed by atoms with Crippen molar-refractivity contribution in [2.24, 2.45) is 0 Å². The van der Waals surface area contributed by atoms with Gasteiger partial charge in [-0.3, -0.25) is 0 Å². The van der Waals surface area contributed by atoms with Crippen LogP contribution in [0, 0.1) is 0 Å². The molecule has 5 heteroatoms. The molecular weight excluding hydrogens is 286 g/mol. The number of nitrogens with one attached hydrogen (secondary N) is 1. The van der Waals surface area contributed by atoms with E-state index in [1.165, 1.54) is 0 Å². The fourth-order valence-corrected chi connectivity index (χ4v) is 2.57. The molecule has 0 aliphatic carbocycles. The number of morpholine rings is 1. The molecular formula is C12H14BrNO3. The Bertz CT molecular complexity index is 418. The third kappa shape index (κ3) is 2.14. The maximum Gasteiger partial charge on any atom is 0.175 e. The van der Waals surface area contributed by atoms with E-state index in [4.69, 9.17) is 14.2 Å². The fraction of sp³-hybridized carbons (Fsp3) is 0.500. The molecule has 4 nitrogen and oxygen atoms in total. The highest BCUT2D eigenvalue weighted by Crippen LogP contribution is 2.43. The highest BCUT2D eigenvalue weighted by Gasteiger charge is 2.25. The quantitative estimate of drug-likeness (QED) is 0.859. The lowest BCUT2D eigenvalue weighted by Gasteiger charge is -2.28. The number of fused-ring (bicyclic) bond motifs is 1. The number of rotatable bonds is 1. The lowest BCUT2D eigenvalue weighted by atomic mass is 10.1. The van der Waals surface area contributed by atoms with E-state index in [0.29, 0.717) is 13.2 Å². The van der Waals surface area contributed by atoms with Crippen molar-refractivity contribution < 1.29 is 14.2 Å². The van der Waals surface area contributed by atoms with E-state index < -0.39 is 0 Å². The summed E-state index contributed by atoms with van der Waals surface area (Å²) in [5.74, 6) is 1.61. The number of halogens is 1. The van der Waals surface area contributed by atoms with Crippen molar-refractivity contribution >= 4 is 15.9 Å². The Morgan fingerprint density at radius 3 is 2.71 bits per heavy atom. The molecule has 1 aromatic carbocycles. The second kappa shape index (κ2) is 4.84. The molecule has 0 radical (unpaired) electrons. The Balaban J connectivity index is 1.98. The summed E-state index contributed by atoms with van der Waals surface area (Å²) in [6, 6.07) is 4.02. The third-order valence-electron chi connectivity index (χ3n) is 2.95. The van der Waals surface area contributed by atoms with Crippen LogP contribution in [0.1, 0.15) is 11.7 Å². The molecule has 0 saturated carbocycles.